The quantitative estimate of drug-likeness (QED) is 0.637. The number of nitrogens with zero attached hydrogens (tertiary/aromatic N) is 1. The third-order valence-electron chi connectivity index (χ3n) is 3.71. The number of thiazole rings is 1. The van der Waals surface area contributed by atoms with Crippen LogP contribution in [-0.4, -0.2) is 10.9 Å². The van der Waals surface area contributed by atoms with Crippen LogP contribution in [0.3, 0.4) is 0 Å². The van der Waals surface area contributed by atoms with Crippen LogP contribution in [0.25, 0.3) is 0 Å². The topological polar surface area (TPSA) is 68.0 Å². The zero-order valence-electron chi connectivity index (χ0n) is 13.5. The van der Waals surface area contributed by atoms with Gasteiger partial charge in [-0.25, -0.2) is 4.98 Å². The van der Waals surface area contributed by atoms with Gasteiger partial charge in [0.2, 0.25) is 0 Å². The molecule has 0 spiro atoms. The number of benzene rings is 2. The van der Waals surface area contributed by atoms with Crippen molar-refractivity contribution in [2.75, 3.05) is 0 Å². The molecule has 0 saturated carbocycles. The van der Waals surface area contributed by atoms with Crippen LogP contribution < -0.4 is 11.1 Å². The summed E-state index contributed by atoms with van der Waals surface area (Å²) >= 11 is 4.85. The molecule has 6 heteroatoms. The number of amides is 1. The van der Waals surface area contributed by atoms with Crippen molar-refractivity contribution in [1.82, 2.24) is 10.3 Å². The van der Waals surface area contributed by atoms with Gasteiger partial charge in [0.15, 0.2) is 0 Å². The molecule has 0 bridgehead atoms. The Kier molecular flexibility index (Phi) is 5.96. The van der Waals surface area contributed by atoms with Crippen molar-refractivity contribution in [1.29, 1.82) is 0 Å². The van der Waals surface area contributed by atoms with E-state index in [1.165, 1.54) is 11.3 Å². The summed E-state index contributed by atoms with van der Waals surface area (Å²) in [7, 11) is 0. The van der Waals surface area contributed by atoms with Gasteiger partial charge in [-0.05, 0) is 29.7 Å². The molecule has 0 saturated heterocycles. The summed E-state index contributed by atoms with van der Waals surface area (Å²) in [6.45, 7) is 0.460. The van der Waals surface area contributed by atoms with Gasteiger partial charge >= 0.3 is 0 Å². The van der Waals surface area contributed by atoms with E-state index in [1.807, 2.05) is 54.6 Å². The molecule has 1 amide bonds. The summed E-state index contributed by atoms with van der Waals surface area (Å²) in [6.07, 6.45) is 0.702. The summed E-state index contributed by atoms with van der Waals surface area (Å²) in [5.74, 6) is -0.186. The molecule has 1 heterocycles. The minimum Gasteiger partial charge on any atom is -0.347 e. The predicted molar refractivity (Wildman–Crippen MR) is 105 cm³/mol. The van der Waals surface area contributed by atoms with Crippen molar-refractivity contribution >= 4 is 33.2 Å². The molecule has 0 aliphatic heterocycles. The Morgan fingerprint density at radius 2 is 1.92 bits per heavy atom. The van der Waals surface area contributed by atoms with Gasteiger partial charge < -0.3 is 11.1 Å². The summed E-state index contributed by atoms with van der Waals surface area (Å²) in [4.78, 5) is 16.7. The lowest BCUT2D eigenvalue weighted by Crippen LogP contribution is -2.23. The van der Waals surface area contributed by atoms with Gasteiger partial charge in [0.25, 0.3) is 5.91 Å². The second-order valence-electron chi connectivity index (χ2n) is 5.68. The maximum Gasteiger partial charge on any atom is 0.271 e. The monoisotopic (exact) mass is 415 g/mol. The standard InChI is InChI=1S/C19H18BrN3OS/c20-15-8-4-7-14(9-15)11-22-18(24)17-12-25-19(23-17)16(21)10-13-5-2-1-3-6-13/h1-9,12,16H,10-11,21H2,(H,22,24). The fraction of sp³-hybridized carbons (Fsp3) is 0.158. The van der Waals surface area contributed by atoms with E-state index < -0.39 is 0 Å². The third kappa shape index (κ3) is 4.98. The summed E-state index contributed by atoms with van der Waals surface area (Å²) in [6, 6.07) is 17.7. The van der Waals surface area contributed by atoms with Crippen molar-refractivity contribution in [3.05, 3.63) is 86.3 Å². The Hall–Kier alpha value is -2.02. The predicted octanol–water partition coefficient (Wildman–Crippen LogP) is 4.08. The van der Waals surface area contributed by atoms with Crippen molar-refractivity contribution in [3.63, 3.8) is 0 Å². The Morgan fingerprint density at radius 1 is 1.16 bits per heavy atom. The van der Waals surface area contributed by atoms with Crippen LogP contribution in [0.1, 0.15) is 32.7 Å². The molecule has 0 radical (unpaired) electrons. The smallest absolute Gasteiger partial charge is 0.271 e. The molecule has 1 aromatic heterocycles. The van der Waals surface area contributed by atoms with Crippen LogP contribution in [0, 0.1) is 0 Å². The molecule has 3 rings (SSSR count). The number of nitrogens with one attached hydrogen (secondary N) is 1. The summed E-state index contributed by atoms with van der Waals surface area (Å²) in [5.41, 5.74) is 8.83. The average Bonchev–Trinajstić information content (AvgIpc) is 3.11. The van der Waals surface area contributed by atoms with Crippen molar-refractivity contribution < 1.29 is 4.79 Å². The lowest BCUT2D eigenvalue weighted by Gasteiger charge is -2.08. The van der Waals surface area contributed by atoms with Crippen LogP contribution in [-0.2, 0) is 13.0 Å². The number of aromatic nitrogens is 1. The van der Waals surface area contributed by atoms with E-state index in [2.05, 4.69) is 26.2 Å². The molecule has 0 aliphatic carbocycles. The highest BCUT2D eigenvalue weighted by molar-refractivity contribution is 9.10. The van der Waals surface area contributed by atoms with Crippen molar-refractivity contribution in [2.24, 2.45) is 5.73 Å². The molecule has 128 valence electrons. The molecule has 1 atom stereocenters. The fourth-order valence-corrected chi connectivity index (χ4v) is 3.69. The van der Waals surface area contributed by atoms with E-state index in [4.69, 9.17) is 5.73 Å². The molecule has 25 heavy (non-hydrogen) atoms. The van der Waals surface area contributed by atoms with Gasteiger partial charge in [0.1, 0.15) is 10.7 Å². The van der Waals surface area contributed by atoms with Crippen LogP contribution in [0.4, 0.5) is 0 Å². The first kappa shape index (κ1) is 17.8. The number of halogens is 1. The molecular formula is C19H18BrN3OS. The SMILES string of the molecule is NC(Cc1ccccc1)c1nc(C(=O)NCc2cccc(Br)c2)cs1. The number of carbonyl (C=O) groups excluding carboxylic acids is 1. The third-order valence-corrected chi connectivity index (χ3v) is 5.18. The van der Waals surface area contributed by atoms with Gasteiger partial charge in [0, 0.05) is 16.4 Å². The Morgan fingerprint density at radius 3 is 2.68 bits per heavy atom. The van der Waals surface area contributed by atoms with Crippen molar-refractivity contribution in [3.8, 4) is 0 Å². The van der Waals surface area contributed by atoms with Gasteiger partial charge in [-0.1, -0.05) is 58.4 Å². The number of hydrogen-bond donors (Lipinski definition) is 2. The first-order chi connectivity index (χ1) is 12.1. The molecule has 3 N–H and O–H groups in total. The van der Waals surface area contributed by atoms with Crippen LogP contribution in [0.15, 0.2) is 64.5 Å². The number of carbonyl (C=O) groups is 1. The highest BCUT2D eigenvalue weighted by Gasteiger charge is 2.15. The lowest BCUT2D eigenvalue weighted by molar-refractivity contribution is 0.0946. The van der Waals surface area contributed by atoms with E-state index >= 15 is 0 Å². The summed E-state index contributed by atoms with van der Waals surface area (Å²) in [5, 5.41) is 5.42. The van der Waals surface area contributed by atoms with E-state index in [0.717, 1.165) is 20.6 Å². The number of hydrogen-bond acceptors (Lipinski definition) is 4. The van der Waals surface area contributed by atoms with E-state index in [-0.39, 0.29) is 11.9 Å². The van der Waals surface area contributed by atoms with Gasteiger partial charge in [-0.15, -0.1) is 11.3 Å². The second kappa shape index (κ2) is 8.38. The Bertz CT molecular complexity index is 851. The summed E-state index contributed by atoms with van der Waals surface area (Å²) < 4.78 is 0.988. The number of nitrogens with two attached hydrogens (primary N) is 1. The maximum atomic E-state index is 12.3. The molecular weight excluding hydrogens is 398 g/mol. The van der Waals surface area contributed by atoms with Crippen LogP contribution >= 0.6 is 27.3 Å². The highest BCUT2D eigenvalue weighted by Crippen LogP contribution is 2.20. The van der Waals surface area contributed by atoms with Gasteiger partial charge in [0.05, 0.1) is 6.04 Å². The minimum absolute atomic E-state index is 0.186. The van der Waals surface area contributed by atoms with Crippen LogP contribution in [0.5, 0.6) is 0 Å². The van der Waals surface area contributed by atoms with Crippen LogP contribution in [0.2, 0.25) is 0 Å². The zero-order chi connectivity index (χ0) is 17.6. The number of rotatable bonds is 6. The largest absolute Gasteiger partial charge is 0.347 e. The fourth-order valence-electron chi connectivity index (χ4n) is 2.44. The maximum absolute atomic E-state index is 12.3. The molecule has 4 nitrogen and oxygen atoms in total. The molecule has 2 aromatic carbocycles. The Labute approximate surface area is 159 Å². The molecule has 0 aliphatic rings. The molecule has 0 fully saturated rings. The van der Waals surface area contributed by atoms with E-state index in [0.29, 0.717) is 18.7 Å². The van der Waals surface area contributed by atoms with Gasteiger partial charge in [-0.2, -0.15) is 0 Å². The zero-order valence-corrected chi connectivity index (χ0v) is 15.9. The minimum atomic E-state index is -0.209. The highest BCUT2D eigenvalue weighted by atomic mass is 79.9. The lowest BCUT2D eigenvalue weighted by atomic mass is 10.1. The first-order valence-electron chi connectivity index (χ1n) is 7.89. The van der Waals surface area contributed by atoms with Crippen molar-refractivity contribution in [2.45, 2.75) is 19.0 Å². The van der Waals surface area contributed by atoms with Gasteiger partial charge in [-0.3, -0.25) is 4.79 Å². The average molecular weight is 416 g/mol. The van der Waals surface area contributed by atoms with E-state index in [1.54, 1.807) is 5.38 Å². The molecule has 1 unspecified atom stereocenters. The van der Waals surface area contributed by atoms with E-state index in [9.17, 15) is 4.79 Å². The second-order valence-corrected chi connectivity index (χ2v) is 7.49. The normalized spacial score (nSPS) is 11.9. The molecule has 3 aromatic rings. The first-order valence-corrected chi connectivity index (χ1v) is 9.56. The Balaban J connectivity index is 1.59.